The van der Waals surface area contributed by atoms with Crippen LogP contribution in [0.3, 0.4) is 0 Å². The molecule has 0 saturated heterocycles. The molecule has 1 heterocycles. The number of carbonyl (C=O) groups excluding carboxylic acids is 1. The standard InChI is InChI=1S/C18H16BrClN2O/c1-10-3-5-13(20)8-17(10)22-18(23)9-14-11(2)21-16-6-4-12(19)7-15(14)16/h3-8,21H,9H2,1-2H3,(H,22,23). The molecule has 0 aliphatic carbocycles. The highest BCUT2D eigenvalue weighted by atomic mass is 79.9. The van der Waals surface area contributed by atoms with Gasteiger partial charge in [-0.25, -0.2) is 0 Å². The molecule has 3 nitrogen and oxygen atoms in total. The molecule has 2 N–H and O–H groups in total. The third-order valence-electron chi connectivity index (χ3n) is 3.89. The van der Waals surface area contributed by atoms with E-state index in [9.17, 15) is 4.79 Å². The summed E-state index contributed by atoms with van der Waals surface area (Å²) in [7, 11) is 0. The number of hydrogen-bond donors (Lipinski definition) is 2. The van der Waals surface area contributed by atoms with Gasteiger partial charge in [0, 0.05) is 31.8 Å². The van der Waals surface area contributed by atoms with Crippen LogP contribution in [0.25, 0.3) is 10.9 Å². The van der Waals surface area contributed by atoms with E-state index in [-0.39, 0.29) is 5.91 Å². The number of rotatable bonds is 3. The van der Waals surface area contributed by atoms with Gasteiger partial charge in [0.25, 0.3) is 0 Å². The number of benzene rings is 2. The normalized spacial score (nSPS) is 11.0. The summed E-state index contributed by atoms with van der Waals surface area (Å²) >= 11 is 9.49. The van der Waals surface area contributed by atoms with E-state index in [4.69, 9.17) is 11.6 Å². The molecule has 3 aromatic rings. The molecule has 1 amide bonds. The van der Waals surface area contributed by atoms with Crippen LogP contribution in [0.1, 0.15) is 16.8 Å². The van der Waals surface area contributed by atoms with Crippen molar-refractivity contribution in [2.75, 3.05) is 5.32 Å². The van der Waals surface area contributed by atoms with Crippen molar-refractivity contribution >= 4 is 50.0 Å². The molecule has 1 aromatic heterocycles. The van der Waals surface area contributed by atoms with Gasteiger partial charge in [-0.15, -0.1) is 0 Å². The molecule has 5 heteroatoms. The average molecular weight is 392 g/mol. The number of nitrogens with one attached hydrogen (secondary N) is 2. The third kappa shape index (κ3) is 3.43. The summed E-state index contributed by atoms with van der Waals surface area (Å²) in [5.41, 5.74) is 4.80. The number of aryl methyl sites for hydroxylation is 2. The van der Waals surface area contributed by atoms with Crippen molar-refractivity contribution in [2.45, 2.75) is 20.3 Å². The van der Waals surface area contributed by atoms with Crippen LogP contribution in [0.15, 0.2) is 40.9 Å². The van der Waals surface area contributed by atoms with Gasteiger partial charge in [0.2, 0.25) is 5.91 Å². The predicted octanol–water partition coefficient (Wildman–Crippen LogP) is 5.38. The van der Waals surface area contributed by atoms with Gasteiger partial charge in [-0.3, -0.25) is 4.79 Å². The lowest BCUT2D eigenvalue weighted by Gasteiger charge is -2.09. The van der Waals surface area contributed by atoms with E-state index in [2.05, 4.69) is 26.2 Å². The van der Waals surface area contributed by atoms with Crippen LogP contribution in [0.2, 0.25) is 5.02 Å². The largest absolute Gasteiger partial charge is 0.358 e. The lowest BCUT2D eigenvalue weighted by molar-refractivity contribution is -0.115. The number of aromatic nitrogens is 1. The fraction of sp³-hybridized carbons (Fsp3) is 0.167. The Hall–Kier alpha value is -1.78. The number of amides is 1. The summed E-state index contributed by atoms with van der Waals surface area (Å²) in [4.78, 5) is 15.8. The molecule has 2 aromatic carbocycles. The van der Waals surface area contributed by atoms with E-state index < -0.39 is 0 Å². The Morgan fingerprint density at radius 3 is 2.78 bits per heavy atom. The van der Waals surface area contributed by atoms with Crippen molar-refractivity contribution in [3.05, 3.63) is 62.7 Å². The van der Waals surface area contributed by atoms with Gasteiger partial charge in [-0.1, -0.05) is 33.6 Å². The number of hydrogen-bond acceptors (Lipinski definition) is 1. The number of fused-ring (bicyclic) bond motifs is 1. The van der Waals surface area contributed by atoms with Gasteiger partial charge in [0.15, 0.2) is 0 Å². The van der Waals surface area contributed by atoms with Crippen LogP contribution in [-0.4, -0.2) is 10.9 Å². The van der Waals surface area contributed by atoms with Crippen LogP contribution in [0, 0.1) is 13.8 Å². The summed E-state index contributed by atoms with van der Waals surface area (Å²) in [6.45, 7) is 3.93. The van der Waals surface area contributed by atoms with Gasteiger partial charge in [-0.05, 0) is 55.3 Å². The maximum Gasteiger partial charge on any atom is 0.228 e. The molecule has 0 saturated carbocycles. The van der Waals surface area contributed by atoms with Crippen LogP contribution in [0.4, 0.5) is 5.69 Å². The van der Waals surface area contributed by atoms with E-state index >= 15 is 0 Å². The molecule has 0 unspecified atom stereocenters. The maximum absolute atomic E-state index is 12.4. The number of aromatic amines is 1. The summed E-state index contributed by atoms with van der Waals surface area (Å²) in [6.07, 6.45) is 0.314. The van der Waals surface area contributed by atoms with Gasteiger partial charge in [0.1, 0.15) is 0 Å². The second kappa shape index (κ2) is 6.38. The first-order valence-electron chi connectivity index (χ1n) is 7.27. The van der Waals surface area contributed by atoms with E-state index in [0.717, 1.165) is 37.9 Å². The minimum absolute atomic E-state index is 0.0562. The Labute approximate surface area is 148 Å². The van der Waals surface area contributed by atoms with Gasteiger partial charge in [-0.2, -0.15) is 0 Å². The van der Waals surface area contributed by atoms with E-state index in [0.29, 0.717) is 11.4 Å². The lowest BCUT2D eigenvalue weighted by atomic mass is 10.1. The molecule has 118 valence electrons. The van der Waals surface area contributed by atoms with E-state index in [1.807, 2.05) is 44.2 Å². The van der Waals surface area contributed by atoms with E-state index in [1.54, 1.807) is 6.07 Å². The second-order valence-corrected chi connectivity index (χ2v) is 6.95. The van der Waals surface area contributed by atoms with Crippen molar-refractivity contribution in [1.29, 1.82) is 0 Å². The predicted molar refractivity (Wildman–Crippen MR) is 99.3 cm³/mol. The summed E-state index contributed by atoms with van der Waals surface area (Å²) in [5.74, 6) is -0.0562. The van der Waals surface area contributed by atoms with Gasteiger partial charge >= 0.3 is 0 Å². The highest BCUT2D eigenvalue weighted by Gasteiger charge is 2.13. The Morgan fingerprint density at radius 1 is 1.22 bits per heavy atom. The molecular formula is C18H16BrClN2O. The molecule has 0 radical (unpaired) electrons. The Morgan fingerprint density at radius 2 is 2.00 bits per heavy atom. The average Bonchev–Trinajstić information content (AvgIpc) is 2.79. The van der Waals surface area contributed by atoms with Crippen LogP contribution in [0.5, 0.6) is 0 Å². The molecule has 0 spiro atoms. The molecule has 23 heavy (non-hydrogen) atoms. The van der Waals surface area contributed by atoms with Crippen molar-refractivity contribution in [3.63, 3.8) is 0 Å². The zero-order chi connectivity index (χ0) is 16.6. The number of H-pyrrole nitrogens is 1. The van der Waals surface area contributed by atoms with Crippen LogP contribution < -0.4 is 5.32 Å². The van der Waals surface area contributed by atoms with Crippen LogP contribution >= 0.6 is 27.5 Å². The minimum atomic E-state index is -0.0562. The highest BCUT2D eigenvalue weighted by molar-refractivity contribution is 9.10. The van der Waals surface area contributed by atoms with Crippen LogP contribution in [-0.2, 0) is 11.2 Å². The number of carbonyl (C=O) groups is 1. The maximum atomic E-state index is 12.4. The summed E-state index contributed by atoms with van der Waals surface area (Å²) < 4.78 is 0.997. The zero-order valence-electron chi connectivity index (χ0n) is 12.8. The SMILES string of the molecule is Cc1ccc(Cl)cc1NC(=O)Cc1c(C)[nH]c2ccc(Br)cc12. The quantitative estimate of drug-likeness (QED) is 0.618. The van der Waals surface area contributed by atoms with Crippen molar-refractivity contribution in [1.82, 2.24) is 4.98 Å². The molecule has 0 aliphatic rings. The minimum Gasteiger partial charge on any atom is -0.358 e. The number of anilines is 1. The molecule has 0 atom stereocenters. The Kier molecular flexibility index (Phi) is 4.46. The zero-order valence-corrected chi connectivity index (χ0v) is 15.2. The topological polar surface area (TPSA) is 44.9 Å². The van der Waals surface area contributed by atoms with E-state index in [1.165, 1.54) is 0 Å². The fourth-order valence-electron chi connectivity index (χ4n) is 2.67. The summed E-state index contributed by atoms with van der Waals surface area (Å²) in [5, 5.41) is 4.62. The van der Waals surface area contributed by atoms with Crippen molar-refractivity contribution in [2.24, 2.45) is 0 Å². The van der Waals surface area contributed by atoms with Gasteiger partial charge < -0.3 is 10.3 Å². The second-order valence-electron chi connectivity index (χ2n) is 5.60. The monoisotopic (exact) mass is 390 g/mol. The Bertz CT molecular complexity index is 901. The molecule has 0 aliphatic heterocycles. The highest BCUT2D eigenvalue weighted by Crippen LogP contribution is 2.27. The Balaban J connectivity index is 1.87. The van der Waals surface area contributed by atoms with Crippen molar-refractivity contribution in [3.8, 4) is 0 Å². The third-order valence-corrected chi connectivity index (χ3v) is 4.62. The first kappa shape index (κ1) is 16.1. The molecule has 3 rings (SSSR count). The fourth-order valence-corrected chi connectivity index (χ4v) is 3.20. The molecular weight excluding hydrogens is 376 g/mol. The van der Waals surface area contributed by atoms with Gasteiger partial charge in [0.05, 0.1) is 6.42 Å². The lowest BCUT2D eigenvalue weighted by Crippen LogP contribution is -2.15. The molecule has 0 fully saturated rings. The smallest absolute Gasteiger partial charge is 0.228 e. The number of halogens is 2. The first-order valence-corrected chi connectivity index (χ1v) is 8.44. The summed E-state index contributed by atoms with van der Waals surface area (Å²) in [6, 6.07) is 11.5. The first-order chi connectivity index (χ1) is 10.9. The molecule has 0 bridgehead atoms. The van der Waals surface area contributed by atoms with Crippen molar-refractivity contribution < 1.29 is 4.79 Å².